The van der Waals surface area contributed by atoms with Crippen LogP contribution in [-0.2, 0) is 27.3 Å². The van der Waals surface area contributed by atoms with Crippen molar-refractivity contribution in [3.63, 3.8) is 0 Å². The van der Waals surface area contributed by atoms with E-state index in [1.807, 2.05) is 36.4 Å². The first-order valence-electron chi connectivity index (χ1n) is 8.16. The molecule has 0 unspecified atom stereocenters. The molecule has 3 aromatic rings. The molecule has 130 valence electrons. The van der Waals surface area contributed by atoms with E-state index >= 15 is 0 Å². The molecule has 1 atom stereocenters. The molecule has 26 heavy (non-hydrogen) atoms. The normalized spacial score (nSPS) is 15.8. The molecule has 6 heteroatoms. The van der Waals surface area contributed by atoms with Crippen LogP contribution in [-0.4, -0.2) is 23.0 Å². The second kappa shape index (κ2) is 6.84. The van der Waals surface area contributed by atoms with Gasteiger partial charge in [-0.3, -0.25) is 0 Å². The highest BCUT2D eigenvalue weighted by Crippen LogP contribution is 2.22. The van der Waals surface area contributed by atoms with Crippen LogP contribution in [0.1, 0.15) is 21.6 Å². The van der Waals surface area contributed by atoms with Gasteiger partial charge < -0.3 is 13.9 Å². The standard InChI is InChI=1S/C20H15NO5/c22-19-16-9-5-4-8-14(16)10-17(26-19)20(23)25-12-15-11-24-18(21-15)13-6-2-1-3-7-13/h1-9,11,17H,10,12H2/t17-/m0/s1. The lowest BCUT2D eigenvalue weighted by atomic mass is 9.99. The minimum Gasteiger partial charge on any atom is -0.456 e. The van der Waals surface area contributed by atoms with Gasteiger partial charge in [-0.2, -0.15) is 0 Å². The maximum absolute atomic E-state index is 12.2. The van der Waals surface area contributed by atoms with E-state index in [0.29, 0.717) is 23.6 Å². The van der Waals surface area contributed by atoms with Gasteiger partial charge in [-0.15, -0.1) is 0 Å². The van der Waals surface area contributed by atoms with Crippen LogP contribution in [0.2, 0.25) is 0 Å². The predicted octanol–water partition coefficient (Wildman–Crippen LogP) is 3.17. The number of benzene rings is 2. The Kier molecular flexibility index (Phi) is 4.23. The summed E-state index contributed by atoms with van der Waals surface area (Å²) >= 11 is 0. The number of cyclic esters (lactones) is 1. The van der Waals surface area contributed by atoms with Crippen LogP contribution in [0.15, 0.2) is 65.3 Å². The van der Waals surface area contributed by atoms with Crippen LogP contribution in [0.4, 0.5) is 0 Å². The first-order chi connectivity index (χ1) is 12.7. The second-order valence-electron chi connectivity index (χ2n) is 5.87. The van der Waals surface area contributed by atoms with Gasteiger partial charge >= 0.3 is 11.9 Å². The number of fused-ring (bicyclic) bond motifs is 1. The van der Waals surface area contributed by atoms with E-state index in [-0.39, 0.29) is 6.61 Å². The Balaban J connectivity index is 1.39. The van der Waals surface area contributed by atoms with Crippen molar-refractivity contribution in [1.29, 1.82) is 0 Å². The molecule has 0 spiro atoms. The Morgan fingerprint density at radius 2 is 1.88 bits per heavy atom. The number of carbonyl (C=O) groups is 2. The molecule has 4 rings (SSSR count). The molecule has 0 radical (unpaired) electrons. The Labute approximate surface area is 149 Å². The molecule has 1 aliphatic rings. The average molecular weight is 349 g/mol. The van der Waals surface area contributed by atoms with Gasteiger partial charge in [-0.25, -0.2) is 14.6 Å². The van der Waals surface area contributed by atoms with Crippen molar-refractivity contribution < 1.29 is 23.5 Å². The number of hydrogen-bond acceptors (Lipinski definition) is 6. The van der Waals surface area contributed by atoms with Crippen molar-refractivity contribution in [2.75, 3.05) is 0 Å². The molecule has 0 saturated heterocycles. The zero-order chi connectivity index (χ0) is 17.9. The number of ether oxygens (including phenoxy) is 2. The zero-order valence-corrected chi connectivity index (χ0v) is 13.8. The number of esters is 2. The third kappa shape index (κ3) is 3.21. The first kappa shape index (κ1) is 16.1. The fourth-order valence-electron chi connectivity index (χ4n) is 2.79. The summed E-state index contributed by atoms with van der Waals surface area (Å²) in [7, 11) is 0. The van der Waals surface area contributed by atoms with E-state index in [9.17, 15) is 9.59 Å². The third-order valence-electron chi connectivity index (χ3n) is 4.09. The lowest BCUT2D eigenvalue weighted by Crippen LogP contribution is -2.35. The quantitative estimate of drug-likeness (QED) is 0.673. The third-order valence-corrected chi connectivity index (χ3v) is 4.09. The van der Waals surface area contributed by atoms with Gasteiger partial charge in [0.1, 0.15) is 18.6 Å². The SMILES string of the molecule is O=C1O[C@H](C(=O)OCc2coc(-c3ccccc3)n2)Cc2ccccc21. The number of oxazole rings is 1. The van der Waals surface area contributed by atoms with Crippen LogP contribution >= 0.6 is 0 Å². The van der Waals surface area contributed by atoms with Gasteiger partial charge in [0.15, 0.2) is 0 Å². The van der Waals surface area contributed by atoms with E-state index in [0.717, 1.165) is 11.1 Å². The van der Waals surface area contributed by atoms with Gasteiger partial charge in [-0.1, -0.05) is 36.4 Å². The first-order valence-corrected chi connectivity index (χ1v) is 8.16. The van der Waals surface area contributed by atoms with E-state index in [2.05, 4.69) is 4.98 Å². The van der Waals surface area contributed by atoms with Crippen molar-refractivity contribution in [3.05, 3.63) is 77.7 Å². The largest absolute Gasteiger partial charge is 0.456 e. The van der Waals surface area contributed by atoms with E-state index in [4.69, 9.17) is 13.9 Å². The van der Waals surface area contributed by atoms with E-state index in [1.54, 1.807) is 18.2 Å². The molecule has 6 nitrogen and oxygen atoms in total. The summed E-state index contributed by atoms with van der Waals surface area (Å²) in [6, 6.07) is 16.5. The summed E-state index contributed by atoms with van der Waals surface area (Å²) in [6.07, 6.45) is 0.796. The number of hydrogen-bond donors (Lipinski definition) is 0. The Morgan fingerprint density at radius 1 is 1.12 bits per heavy atom. The molecule has 0 N–H and O–H groups in total. The van der Waals surface area contributed by atoms with Crippen LogP contribution in [0, 0.1) is 0 Å². The molecular formula is C20H15NO5. The molecule has 0 amide bonds. The average Bonchev–Trinajstić information content (AvgIpc) is 3.16. The van der Waals surface area contributed by atoms with Gasteiger partial charge in [-0.05, 0) is 23.8 Å². The van der Waals surface area contributed by atoms with Crippen LogP contribution in [0.5, 0.6) is 0 Å². The number of aromatic nitrogens is 1. The molecule has 0 bridgehead atoms. The van der Waals surface area contributed by atoms with Crippen molar-refractivity contribution in [1.82, 2.24) is 4.98 Å². The summed E-state index contributed by atoms with van der Waals surface area (Å²) in [5, 5.41) is 0. The summed E-state index contributed by atoms with van der Waals surface area (Å²) in [5.74, 6) is -0.659. The topological polar surface area (TPSA) is 78.6 Å². The minimum atomic E-state index is -0.946. The highest BCUT2D eigenvalue weighted by Gasteiger charge is 2.32. The Bertz CT molecular complexity index is 948. The molecule has 0 saturated carbocycles. The monoisotopic (exact) mass is 349 g/mol. The summed E-state index contributed by atoms with van der Waals surface area (Å²) in [5.41, 5.74) is 2.58. The molecule has 2 aromatic carbocycles. The fourth-order valence-corrected chi connectivity index (χ4v) is 2.79. The maximum atomic E-state index is 12.2. The van der Waals surface area contributed by atoms with Crippen molar-refractivity contribution >= 4 is 11.9 Å². The highest BCUT2D eigenvalue weighted by molar-refractivity contribution is 5.94. The molecule has 0 aliphatic carbocycles. The minimum absolute atomic E-state index is 0.0507. The van der Waals surface area contributed by atoms with Crippen LogP contribution in [0.3, 0.4) is 0 Å². The van der Waals surface area contributed by atoms with Crippen molar-refractivity contribution in [2.24, 2.45) is 0 Å². The maximum Gasteiger partial charge on any atom is 0.348 e. The second-order valence-corrected chi connectivity index (χ2v) is 5.87. The summed E-state index contributed by atoms with van der Waals surface area (Å²) < 4.78 is 15.8. The highest BCUT2D eigenvalue weighted by atomic mass is 16.6. The van der Waals surface area contributed by atoms with Crippen LogP contribution in [0.25, 0.3) is 11.5 Å². The molecule has 1 aromatic heterocycles. The Hall–Kier alpha value is -3.41. The van der Waals surface area contributed by atoms with Crippen molar-refractivity contribution in [3.8, 4) is 11.5 Å². The van der Waals surface area contributed by atoms with E-state index in [1.165, 1.54) is 6.26 Å². The van der Waals surface area contributed by atoms with Gasteiger partial charge in [0.2, 0.25) is 12.0 Å². The Morgan fingerprint density at radius 3 is 2.73 bits per heavy atom. The predicted molar refractivity (Wildman–Crippen MR) is 91.1 cm³/mol. The number of nitrogens with zero attached hydrogens (tertiary/aromatic N) is 1. The lowest BCUT2D eigenvalue weighted by Gasteiger charge is -2.22. The van der Waals surface area contributed by atoms with Crippen LogP contribution < -0.4 is 0 Å². The number of carbonyl (C=O) groups excluding carboxylic acids is 2. The summed E-state index contributed by atoms with van der Waals surface area (Å²) in [4.78, 5) is 28.5. The van der Waals surface area contributed by atoms with E-state index < -0.39 is 18.0 Å². The molecular weight excluding hydrogens is 334 g/mol. The lowest BCUT2D eigenvalue weighted by molar-refractivity contribution is -0.155. The van der Waals surface area contributed by atoms with Gasteiger partial charge in [0.25, 0.3) is 0 Å². The molecule has 2 heterocycles. The molecule has 1 aliphatic heterocycles. The summed E-state index contributed by atoms with van der Waals surface area (Å²) in [6.45, 7) is -0.0507. The van der Waals surface area contributed by atoms with Crippen molar-refractivity contribution in [2.45, 2.75) is 19.1 Å². The molecule has 0 fully saturated rings. The smallest absolute Gasteiger partial charge is 0.348 e. The van der Waals surface area contributed by atoms with Gasteiger partial charge in [0.05, 0.1) is 5.56 Å². The van der Waals surface area contributed by atoms with Gasteiger partial charge in [0, 0.05) is 12.0 Å². The number of rotatable bonds is 4. The zero-order valence-electron chi connectivity index (χ0n) is 13.8. The fraction of sp³-hybridized carbons (Fsp3) is 0.150.